The zero-order chi connectivity index (χ0) is 26.0. The van der Waals surface area contributed by atoms with Crippen LogP contribution in [0.15, 0.2) is 36.9 Å². The summed E-state index contributed by atoms with van der Waals surface area (Å²) in [5.74, 6) is 0.680. The van der Waals surface area contributed by atoms with E-state index in [4.69, 9.17) is 0 Å². The van der Waals surface area contributed by atoms with Crippen molar-refractivity contribution in [2.45, 2.75) is 58.6 Å². The van der Waals surface area contributed by atoms with Crippen LogP contribution in [0.1, 0.15) is 38.3 Å². The van der Waals surface area contributed by atoms with Crippen molar-refractivity contribution in [3.63, 3.8) is 0 Å². The second-order valence-corrected chi connectivity index (χ2v) is 9.74. The molecule has 0 radical (unpaired) electrons. The number of nitrogens with zero attached hydrogens (tertiary/aromatic N) is 6. The minimum absolute atomic E-state index is 0.00243. The summed E-state index contributed by atoms with van der Waals surface area (Å²) >= 11 is 0. The average Bonchev–Trinajstić information content (AvgIpc) is 3.21. The van der Waals surface area contributed by atoms with E-state index in [9.17, 15) is 23.1 Å². The van der Waals surface area contributed by atoms with Gasteiger partial charge >= 0.3 is 6.18 Å². The van der Waals surface area contributed by atoms with Gasteiger partial charge in [0, 0.05) is 31.6 Å². The highest BCUT2D eigenvalue weighted by Crippen LogP contribution is 2.31. The van der Waals surface area contributed by atoms with Crippen molar-refractivity contribution in [3.05, 3.63) is 48.0 Å². The number of aliphatic hydroxyl groups is 1. The summed E-state index contributed by atoms with van der Waals surface area (Å²) in [5, 5.41) is 10.7. The molecule has 1 aromatic carbocycles. The molecule has 0 spiro atoms. The minimum atomic E-state index is -4.38. The van der Waals surface area contributed by atoms with Crippen LogP contribution in [0.3, 0.4) is 0 Å². The Bertz CT molecular complexity index is 1190. The van der Waals surface area contributed by atoms with Gasteiger partial charge in [0.15, 0.2) is 17.0 Å². The third kappa shape index (κ3) is 5.84. The van der Waals surface area contributed by atoms with Crippen molar-refractivity contribution in [3.8, 4) is 0 Å². The lowest BCUT2D eigenvalue weighted by Crippen LogP contribution is -2.46. The Balaban J connectivity index is 1.54. The van der Waals surface area contributed by atoms with E-state index < -0.39 is 17.8 Å². The highest BCUT2D eigenvalue weighted by Gasteiger charge is 2.31. The van der Waals surface area contributed by atoms with Gasteiger partial charge in [0.05, 0.1) is 24.5 Å². The Kier molecular flexibility index (Phi) is 7.60. The molecule has 0 saturated carbocycles. The molecule has 11 heteroatoms. The molecule has 1 saturated heterocycles. The van der Waals surface area contributed by atoms with Crippen molar-refractivity contribution in [2.75, 3.05) is 24.5 Å². The molecule has 1 aliphatic heterocycles. The first-order valence-corrected chi connectivity index (χ1v) is 12.0. The van der Waals surface area contributed by atoms with Gasteiger partial charge in [-0.15, -0.1) is 0 Å². The Labute approximate surface area is 207 Å². The highest BCUT2D eigenvalue weighted by atomic mass is 19.4. The number of carbonyl (C=O) groups excluding carboxylic acids is 1. The van der Waals surface area contributed by atoms with Crippen LogP contribution in [0.4, 0.5) is 19.0 Å². The predicted octanol–water partition coefficient (Wildman–Crippen LogP) is 3.53. The number of carbonyl (C=O) groups is 1. The van der Waals surface area contributed by atoms with E-state index in [2.05, 4.69) is 15.0 Å². The van der Waals surface area contributed by atoms with E-state index in [0.29, 0.717) is 43.2 Å². The fourth-order valence-electron chi connectivity index (χ4n) is 4.68. The Morgan fingerprint density at radius 2 is 1.92 bits per heavy atom. The Morgan fingerprint density at radius 1 is 1.19 bits per heavy atom. The van der Waals surface area contributed by atoms with Gasteiger partial charge in [0.1, 0.15) is 12.1 Å². The quantitative estimate of drug-likeness (QED) is 0.502. The number of fused-ring (bicyclic) bond motifs is 1. The molecule has 194 valence electrons. The number of hydrogen-bond acceptors (Lipinski definition) is 7. The molecule has 3 heterocycles. The van der Waals surface area contributed by atoms with E-state index in [1.165, 1.54) is 18.5 Å². The number of anilines is 1. The highest BCUT2D eigenvalue weighted by molar-refractivity contribution is 5.83. The number of Topliss-reactive ketones (excluding diaryl/α,β-unsaturated/α-hetero) is 1. The van der Waals surface area contributed by atoms with Crippen LogP contribution in [0.25, 0.3) is 11.2 Å². The number of ketones is 1. The van der Waals surface area contributed by atoms with Crippen LogP contribution in [-0.2, 0) is 24.1 Å². The number of alkyl halides is 3. The summed E-state index contributed by atoms with van der Waals surface area (Å²) in [6.45, 7) is 7.95. The van der Waals surface area contributed by atoms with E-state index in [1.807, 2.05) is 28.2 Å². The van der Waals surface area contributed by atoms with Crippen LogP contribution >= 0.6 is 0 Å². The maximum Gasteiger partial charge on any atom is 0.416 e. The number of benzene rings is 1. The van der Waals surface area contributed by atoms with E-state index in [0.717, 1.165) is 30.7 Å². The van der Waals surface area contributed by atoms with Crippen LogP contribution in [0, 0.1) is 5.92 Å². The largest absolute Gasteiger partial charge is 0.416 e. The summed E-state index contributed by atoms with van der Waals surface area (Å²) in [7, 11) is 0. The summed E-state index contributed by atoms with van der Waals surface area (Å²) in [6.07, 6.45) is -1.04. The number of halogens is 3. The molecule has 2 atom stereocenters. The molecule has 1 N–H and O–H groups in total. The minimum Gasteiger partial charge on any atom is -0.391 e. The standard InChI is InChI=1S/C25H31F3N6O2/c1-16(2)34(11-18-4-6-20(7-5-18)25(26,27)28)24-22-23(29-14-30-24)33(15-31-22)12-19-8-9-32(10-17(3)35)13-21(19)36/h4-7,14-16,19,21,36H,8-13H2,1-3H3/t19?,21-/m0/s1. The molecule has 0 bridgehead atoms. The fourth-order valence-corrected chi connectivity index (χ4v) is 4.68. The molecule has 0 aliphatic carbocycles. The van der Waals surface area contributed by atoms with Crippen molar-refractivity contribution in [1.29, 1.82) is 0 Å². The van der Waals surface area contributed by atoms with Gasteiger partial charge in [-0.1, -0.05) is 12.1 Å². The zero-order valence-corrected chi connectivity index (χ0v) is 20.6. The van der Waals surface area contributed by atoms with Gasteiger partial charge in [0.2, 0.25) is 0 Å². The molecule has 0 amide bonds. The van der Waals surface area contributed by atoms with Crippen LogP contribution in [0.5, 0.6) is 0 Å². The van der Waals surface area contributed by atoms with E-state index in [-0.39, 0.29) is 17.7 Å². The van der Waals surface area contributed by atoms with Crippen molar-refractivity contribution >= 4 is 22.8 Å². The summed E-state index contributed by atoms with van der Waals surface area (Å²) < 4.78 is 40.7. The predicted molar refractivity (Wildman–Crippen MR) is 129 cm³/mol. The Morgan fingerprint density at radius 3 is 2.53 bits per heavy atom. The van der Waals surface area contributed by atoms with Crippen molar-refractivity contribution < 1.29 is 23.1 Å². The van der Waals surface area contributed by atoms with Gasteiger partial charge in [0.25, 0.3) is 0 Å². The third-order valence-corrected chi connectivity index (χ3v) is 6.59. The maximum atomic E-state index is 12.9. The molecule has 1 fully saturated rings. The van der Waals surface area contributed by atoms with Crippen LogP contribution in [0.2, 0.25) is 0 Å². The van der Waals surface area contributed by atoms with Crippen molar-refractivity contribution in [1.82, 2.24) is 24.4 Å². The first kappa shape index (κ1) is 26.0. The monoisotopic (exact) mass is 504 g/mol. The SMILES string of the molecule is CC(=O)CN1CCC(Cn2cnc3c(N(Cc4ccc(C(F)(F)F)cc4)C(C)C)ncnc32)[C@@H](O)C1. The van der Waals surface area contributed by atoms with Gasteiger partial charge in [-0.05, 0) is 51.4 Å². The van der Waals surface area contributed by atoms with Gasteiger partial charge < -0.3 is 14.6 Å². The second kappa shape index (κ2) is 10.5. The number of rotatable bonds is 8. The number of hydrogen-bond donors (Lipinski definition) is 1. The number of β-amino-alcohol motifs (C(OH)–C–C–N with tert-alkyl or cyclic N) is 1. The van der Waals surface area contributed by atoms with Crippen molar-refractivity contribution in [2.24, 2.45) is 5.92 Å². The number of aliphatic hydroxyl groups excluding tert-OH is 1. The molecule has 4 rings (SSSR count). The number of piperidine rings is 1. The van der Waals surface area contributed by atoms with Gasteiger partial charge in [-0.3, -0.25) is 9.69 Å². The summed E-state index contributed by atoms with van der Waals surface area (Å²) in [5.41, 5.74) is 1.28. The Hall–Kier alpha value is -3.05. The first-order chi connectivity index (χ1) is 17.0. The lowest BCUT2D eigenvalue weighted by molar-refractivity contribution is -0.137. The second-order valence-electron chi connectivity index (χ2n) is 9.74. The van der Waals surface area contributed by atoms with E-state index >= 15 is 0 Å². The molecular weight excluding hydrogens is 473 g/mol. The lowest BCUT2D eigenvalue weighted by atomic mass is 9.93. The number of imidazole rings is 1. The van der Waals surface area contributed by atoms with Crippen LogP contribution in [-0.4, -0.2) is 67.1 Å². The average molecular weight is 505 g/mol. The number of aromatic nitrogens is 4. The van der Waals surface area contributed by atoms with Gasteiger partial charge in [-0.25, -0.2) is 15.0 Å². The molecule has 2 aromatic heterocycles. The molecular formula is C25H31F3N6O2. The maximum absolute atomic E-state index is 12.9. The molecule has 3 aromatic rings. The molecule has 1 unspecified atom stereocenters. The smallest absolute Gasteiger partial charge is 0.391 e. The molecule has 8 nitrogen and oxygen atoms in total. The fraction of sp³-hybridized carbons (Fsp3) is 0.520. The third-order valence-electron chi connectivity index (χ3n) is 6.59. The number of likely N-dealkylation sites (tertiary alicyclic amines) is 1. The lowest BCUT2D eigenvalue weighted by Gasteiger charge is -2.35. The normalized spacial score (nSPS) is 19.2. The molecule has 36 heavy (non-hydrogen) atoms. The van der Waals surface area contributed by atoms with Gasteiger partial charge in [-0.2, -0.15) is 13.2 Å². The first-order valence-electron chi connectivity index (χ1n) is 12.0. The zero-order valence-electron chi connectivity index (χ0n) is 20.6. The molecule has 1 aliphatic rings. The topological polar surface area (TPSA) is 87.4 Å². The van der Waals surface area contributed by atoms with E-state index in [1.54, 1.807) is 13.3 Å². The summed E-state index contributed by atoms with van der Waals surface area (Å²) in [4.78, 5) is 28.8. The summed E-state index contributed by atoms with van der Waals surface area (Å²) in [6, 6.07) is 5.14. The van der Waals surface area contributed by atoms with Crippen LogP contribution < -0.4 is 4.90 Å².